The summed E-state index contributed by atoms with van der Waals surface area (Å²) in [6, 6.07) is 1.56. The molecule has 5 atom stereocenters. The van der Waals surface area contributed by atoms with E-state index < -0.39 is 46.9 Å². The summed E-state index contributed by atoms with van der Waals surface area (Å²) in [6.45, 7) is 7.49. The number of imide groups is 1. The first kappa shape index (κ1) is 31.5. The number of ether oxygens (including phenoxy) is 1. The van der Waals surface area contributed by atoms with Crippen molar-refractivity contribution in [3.8, 4) is 5.88 Å². The molecule has 0 radical (unpaired) electrons. The Kier molecular flexibility index (Phi) is 9.92. The molecule has 1 aromatic rings. The molecule has 5 N–H and O–H groups in total. The Labute approximate surface area is 241 Å². The molecule has 4 rings (SSSR count). The molecular formula is C27H41Cl2N5O5. The summed E-state index contributed by atoms with van der Waals surface area (Å²) in [6.07, 6.45) is 3.79. The van der Waals surface area contributed by atoms with Crippen molar-refractivity contribution >= 4 is 41.7 Å². The summed E-state index contributed by atoms with van der Waals surface area (Å²) in [5.41, 5.74) is 4.31. The van der Waals surface area contributed by atoms with Crippen LogP contribution in [-0.2, 0) is 14.4 Å². The van der Waals surface area contributed by atoms with Gasteiger partial charge in [0.25, 0.3) is 5.91 Å². The van der Waals surface area contributed by atoms with Crippen LogP contribution in [0.15, 0.2) is 18.3 Å². The highest BCUT2D eigenvalue weighted by Gasteiger charge is 2.57. The fourth-order valence-corrected chi connectivity index (χ4v) is 5.24. The molecular weight excluding hydrogens is 545 g/mol. The third-order valence-electron chi connectivity index (χ3n) is 8.16. The van der Waals surface area contributed by atoms with E-state index >= 15 is 0 Å². The van der Waals surface area contributed by atoms with Crippen LogP contribution in [0.4, 0.5) is 0 Å². The van der Waals surface area contributed by atoms with Crippen molar-refractivity contribution in [1.82, 2.24) is 20.5 Å². The third kappa shape index (κ3) is 6.85. The lowest BCUT2D eigenvalue weighted by molar-refractivity contribution is -0.171. The van der Waals surface area contributed by atoms with Crippen LogP contribution >= 0.6 is 24.0 Å². The zero-order valence-corrected chi connectivity index (χ0v) is 24.6. The van der Waals surface area contributed by atoms with Crippen molar-refractivity contribution in [1.29, 1.82) is 0 Å². The average molecular weight is 587 g/mol. The normalized spacial score (nSPS) is 24.4. The minimum atomic E-state index is -1.58. The van der Waals surface area contributed by atoms with Gasteiger partial charge < -0.3 is 26.2 Å². The highest BCUT2D eigenvalue weighted by molar-refractivity contribution is 6.30. The molecule has 3 amide bonds. The van der Waals surface area contributed by atoms with Gasteiger partial charge in [0, 0.05) is 31.3 Å². The van der Waals surface area contributed by atoms with Crippen molar-refractivity contribution < 1.29 is 24.2 Å². The lowest BCUT2D eigenvalue weighted by Crippen LogP contribution is -2.71. The maximum absolute atomic E-state index is 14.2. The molecule has 1 saturated heterocycles. The number of hydrogen-bond donors (Lipinski definition) is 4. The number of aliphatic hydroxyl groups excluding tert-OH is 1. The number of aliphatic hydroxyl groups is 1. The van der Waals surface area contributed by atoms with E-state index in [4.69, 9.17) is 22.1 Å². The van der Waals surface area contributed by atoms with E-state index in [2.05, 4.69) is 15.6 Å². The Bertz CT molecular complexity index is 1040. The first-order chi connectivity index (χ1) is 17.8. The van der Waals surface area contributed by atoms with E-state index in [-0.39, 0.29) is 36.9 Å². The fourth-order valence-electron chi connectivity index (χ4n) is 5.13. The van der Waals surface area contributed by atoms with E-state index in [9.17, 15) is 19.5 Å². The van der Waals surface area contributed by atoms with Gasteiger partial charge in [0.1, 0.15) is 6.10 Å². The maximum atomic E-state index is 14.2. The highest BCUT2D eigenvalue weighted by atomic mass is 35.5. The lowest BCUT2D eigenvalue weighted by atomic mass is 9.67. The average Bonchev–Trinajstić information content (AvgIpc) is 3.51. The number of nitrogens with two attached hydrogens (primary N) is 1. The standard InChI is InChI=1S/C27H40ClN5O5.ClH/c1-26(2,3)21(29)25(37)33(27(4,15-6-5-7-15)22(34)23(35)32-17-9-10-17)24(36)19-12-18(14-30-19)38-20-11-8-16(28)13-31-20;/h8,11,13,15,17-19,21-22,30,34H,5-7,9-10,12,14,29H2,1-4H3,(H,32,35);1H/t18-,19+,21-,22?,27+;/m1./s1. The number of aromatic nitrogens is 1. The number of halogens is 2. The van der Waals surface area contributed by atoms with Gasteiger partial charge in [-0.25, -0.2) is 4.98 Å². The number of carbonyl (C=O) groups excluding carboxylic acids is 3. The molecule has 3 aliphatic rings. The number of rotatable bonds is 9. The van der Waals surface area contributed by atoms with Crippen molar-refractivity contribution in [3.63, 3.8) is 0 Å². The molecule has 1 aromatic heterocycles. The van der Waals surface area contributed by atoms with E-state index in [1.165, 1.54) is 6.20 Å². The van der Waals surface area contributed by atoms with Crippen molar-refractivity contribution in [2.75, 3.05) is 6.54 Å². The van der Waals surface area contributed by atoms with Crippen LogP contribution in [0.1, 0.15) is 66.2 Å². The van der Waals surface area contributed by atoms with Gasteiger partial charge in [-0.15, -0.1) is 12.4 Å². The molecule has 3 fully saturated rings. The van der Waals surface area contributed by atoms with Crippen molar-refractivity contribution in [2.45, 2.75) is 102 Å². The van der Waals surface area contributed by atoms with Gasteiger partial charge >= 0.3 is 0 Å². The Morgan fingerprint density at radius 3 is 2.38 bits per heavy atom. The Hall–Kier alpha value is -1.98. The molecule has 2 heterocycles. The van der Waals surface area contributed by atoms with Crippen LogP contribution in [-0.4, -0.2) is 75.1 Å². The maximum Gasteiger partial charge on any atom is 0.251 e. The molecule has 218 valence electrons. The molecule has 0 bridgehead atoms. The van der Waals surface area contributed by atoms with Gasteiger partial charge in [0.05, 0.1) is 22.6 Å². The second-order valence-electron chi connectivity index (χ2n) is 12.1. The number of pyridine rings is 1. The predicted molar refractivity (Wildman–Crippen MR) is 150 cm³/mol. The lowest BCUT2D eigenvalue weighted by Gasteiger charge is -2.52. The number of amides is 3. The minimum Gasteiger partial charge on any atom is -0.473 e. The second kappa shape index (κ2) is 12.3. The van der Waals surface area contributed by atoms with E-state index in [0.29, 0.717) is 30.3 Å². The zero-order chi connectivity index (χ0) is 27.8. The van der Waals surface area contributed by atoms with Gasteiger partial charge in [-0.3, -0.25) is 19.3 Å². The van der Waals surface area contributed by atoms with Crippen LogP contribution in [0, 0.1) is 11.3 Å². The molecule has 2 aliphatic carbocycles. The predicted octanol–water partition coefficient (Wildman–Crippen LogP) is 2.19. The Morgan fingerprint density at radius 2 is 1.87 bits per heavy atom. The molecule has 1 aliphatic heterocycles. The Morgan fingerprint density at radius 1 is 1.21 bits per heavy atom. The number of carbonyl (C=O) groups is 3. The summed E-state index contributed by atoms with van der Waals surface area (Å²) >= 11 is 5.91. The quantitative estimate of drug-likeness (QED) is 0.345. The molecule has 0 spiro atoms. The highest BCUT2D eigenvalue weighted by Crippen LogP contribution is 2.43. The van der Waals surface area contributed by atoms with E-state index in [1.54, 1.807) is 19.1 Å². The summed E-state index contributed by atoms with van der Waals surface area (Å²) in [5.74, 6) is -1.53. The molecule has 39 heavy (non-hydrogen) atoms. The topological polar surface area (TPSA) is 147 Å². The zero-order valence-electron chi connectivity index (χ0n) is 23.0. The van der Waals surface area contributed by atoms with Gasteiger partial charge in [-0.05, 0) is 50.0 Å². The van der Waals surface area contributed by atoms with Crippen LogP contribution in [0.3, 0.4) is 0 Å². The van der Waals surface area contributed by atoms with Crippen LogP contribution in [0.2, 0.25) is 5.02 Å². The van der Waals surface area contributed by atoms with E-state index in [0.717, 1.165) is 24.2 Å². The summed E-state index contributed by atoms with van der Waals surface area (Å²) in [7, 11) is 0. The van der Waals surface area contributed by atoms with Crippen LogP contribution in [0.25, 0.3) is 0 Å². The monoisotopic (exact) mass is 585 g/mol. The number of nitrogens with zero attached hydrogens (tertiary/aromatic N) is 2. The SMILES string of the molecule is CC(C)(C)[C@H](N)C(=O)N(C(=O)[C@@H]1C[C@@H](Oc2ccc(Cl)cn2)CN1)[C@@](C)(C1CCC1)C(O)C(=O)NC1CC1.Cl. The molecule has 0 aromatic carbocycles. The number of hydrogen-bond acceptors (Lipinski definition) is 8. The molecule has 10 nitrogen and oxygen atoms in total. The third-order valence-corrected chi connectivity index (χ3v) is 8.38. The molecule has 2 saturated carbocycles. The summed E-state index contributed by atoms with van der Waals surface area (Å²) < 4.78 is 5.93. The van der Waals surface area contributed by atoms with Gasteiger partial charge in [-0.2, -0.15) is 0 Å². The molecule has 1 unspecified atom stereocenters. The van der Waals surface area contributed by atoms with Crippen molar-refractivity contribution in [3.05, 3.63) is 23.4 Å². The van der Waals surface area contributed by atoms with Gasteiger partial charge in [-0.1, -0.05) is 38.8 Å². The number of nitrogens with one attached hydrogen (secondary N) is 2. The fraction of sp³-hybridized carbons (Fsp3) is 0.704. The minimum absolute atomic E-state index is 0. The first-order valence-corrected chi connectivity index (χ1v) is 13.8. The van der Waals surface area contributed by atoms with Gasteiger partial charge in [0.15, 0.2) is 6.10 Å². The summed E-state index contributed by atoms with van der Waals surface area (Å²) in [5, 5.41) is 17.9. The summed E-state index contributed by atoms with van der Waals surface area (Å²) in [4.78, 5) is 46.5. The van der Waals surface area contributed by atoms with Gasteiger partial charge in [0.2, 0.25) is 17.7 Å². The van der Waals surface area contributed by atoms with Crippen molar-refractivity contribution in [2.24, 2.45) is 17.1 Å². The Balaban J connectivity index is 0.00000420. The largest absolute Gasteiger partial charge is 0.473 e. The molecule has 12 heteroatoms. The van der Waals surface area contributed by atoms with Crippen LogP contribution in [0.5, 0.6) is 5.88 Å². The smallest absolute Gasteiger partial charge is 0.251 e. The second-order valence-corrected chi connectivity index (χ2v) is 12.6. The van der Waals surface area contributed by atoms with E-state index in [1.807, 2.05) is 20.8 Å². The van der Waals surface area contributed by atoms with Crippen LogP contribution < -0.4 is 21.1 Å². The first-order valence-electron chi connectivity index (χ1n) is 13.5.